The summed E-state index contributed by atoms with van der Waals surface area (Å²) in [7, 11) is 1.63. The fraction of sp³-hybridized carbons (Fsp3) is 0.667. The van der Waals surface area contributed by atoms with Gasteiger partial charge in [-0.25, -0.2) is 0 Å². The van der Waals surface area contributed by atoms with Crippen LogP contribution in [-0.4, -0.2) is 62.1 Å². The van der Waals surface area contributed by atoms with Crippen molar-refractivity contribution in [2.75, 3.05) is 13.1 Å². The highest BCUT2D eigenvalue weighted by Gasteiger charge is 2.53. The van der Waals surface area contributed by atoms with Crippen molar-refractivity contribution in [3.05, 3.63) is 34.2 Å². The van der Waals surface area contributed by atoms with Crippen LogP contribution < -0.4 is 5.56 Å². The molecule has 0 bridgehead atoms. The molecule has 1 atom stereocenters. The molecule has 7 nitrogen and oxygen atoms in total. The van der Waals surface area contributed by atoms with Gasteiger partial charge in [0, 0.05) is 38.4 Å². The van der Waals surface area contributed by atoms with E-state index in [9.17, 15) is 19.5 Å². The van der Waals surface area contributed by atoms with E-state index in [2.05, 4.69) is 0 Å². The second kappa shape index (κ2) is 7.35. The molecule has 4 rings (SSSR count). The summed E-state index contributed by atoms with van der Waals surface area (Å²) in [6, 6.07) is 3.13. The highest BCUT2D eigenvalue weighted by molar-refractivity contribution is 6.00. The van der Waals surface area contributed by atoms with Gasteiger partial charge in [0.25, 0.3) is 5.91 Å². The van der Waals surface area contributed by atoms with Crippen LogP contribution in [0.25, 0.3) is 0 Å². The van der Waals surface area contributed by atoms with Gasteiger partial charge in [-0.2, -0.15) is 0 Å². The maximum atomic E-state index is 13.6. The fourth-order valence-electron chi connectivity index (χ4n) is 5.27. The minimum absolute atomic E-state index is 0.0795. The van der Waals surface area contributed by atoms with Crippen molar-refractivity contribution in [2.45, 2.75) is 69.1 Å². The SMILES string of the molecule is Cn1cc(C(=O)N2CCCC23CCCN(C2CCC(O)CC2)C3=O)ccc1=O. The van der Waals surface area contributed by atoms with Crippen molar-refractivity contribution in [2.24, 2.45) is 7.05 Å². The van der Waals surface area contributed by atoms with Crippen LogP contribution in [0.2, 0.25) is 0 Å². The van der Waals surface area contributed by atoms with Gasteiger partial charge < -0.3 is 19.5 Å². The first-order valence-corrected chi connectivity index (χ1v) is 10.4. The van der Waals surface area contributed by atoms with Crippen molar-refractivity contribution >= 4 is 11.8 Å². The first kappa shape index (κ1) is 19.2. The van der Waals surface area contributed by atoms with Gasteiger partial charge in [0.1, 0.15) is 5.54 Å². The number of aliphatic hydroxyl groups is 1. The first-order chi connectivity index (χ1) is 13.4. The number of nitrogens with zero attached hydrogens (tertiary/aromatic N) is 3. The van der Waals surface area contributed by atoms with Crippen LogP contribution in [0.4, 0.5) is 0 Å². The standard InChI is InChI=1S/C21H29N3O4/c1-22-14-15(4-9-18(22)26)19(27)24-13-3-11-21(24)10-2-12-23(20(21)28)16-5-7-17(25)8-6-16/h4,9,14,16-17,25H,2-3,5-8,10-13H2,1H3. The van der Waals surface area contributed by atoms with Crippen molar-refractivity contribution in [1.82, 2.24) is 14.4 Å². The number of aryl methyl sites for hydroxylation is 1. The van der Waals surface area contributed by atoms with Crippen LogP contribution in [0.3, 0.4) is 0 Å². The molecule has 3 aliphatic rings. The third kappa shape index (κ3) is 3.15. The van der Waals surface area contributed by atoms with Crippen LogP contribution >= 0.6 is 0 Å². The first-order valence-electron chi connectivity index (χ1n) is 10.4. The van der Waals surface area contributed by atoms with E-state index in [1.54, 1.807) is 24.2 Å². The Morgan fingerprint density at radius 3 is 2.43 bits per heavy atom. The van der Waals surface area contributed by atoms with E-state index in [-0.39, 0.29) is 29.5 Å². The van der Waals surface area contributed by atoms with Crippen LogP contribution in [0.1, 0.15) is 61.7 Å². The number of carbonyl (C=O) groups is 2. The monoisotopic (exact) mass is 387 g/mol. The number of amides is 2. The zero-order valence-corrected chi connectivity index (χ0v) is 16.5. The van der Waals surface area contributed by atoms with Crippen molar-refractivity contribution in [3.63, 3.8) is 0 Å². The summed E-state index contributed by atoms with van der Waals surface area (Å²) in [5, 5.41) is 9.80. The third-order valence-electron chi connectivity index (χ3n) is 6.82. The molecular formula is C21H29N3O4. The number of hydrogen-bond donors (Lipinski definition) is 1. The molecule has 2 amide bonds. The smallest absolute Gasteiger partial charge is 0.256 e. The minimum Gasteiger partial charge on any atom is -0.393 e. The molecule has 152 valence electrons. The molecular weight excluding hydrogens is 358 g/mol. The Kier molecular flexibility index (Phi) is 5.04. The lowest BCUT2D eigenvalue weighted by molar-refractivity contribution is -0.149. The van der Waals surface area contributed by atoms with Crippen LogP contribution in [-0.2, 0) is 11.8 Å². The average Bonchev–Trinajstić information content (AvgIpc) is 3.11. The van der Waals surface area contributed by atoms with E-state index >= 15 is 0 Å². The molecule has 7 heteroatoms. The summed E-state index contributed by atoms with van der Waals surface area (Å²) in [5.41, 5.74) is -0.457. The van der Waals surface area contributed by atoms with Gasteiger partial charge in [-0.15, -0.1) is 0 Å². The maximum Gasteiger partial charge on any atom is 0.256 e. The molecule has 1 aromatic heterocycles. The Balaban J connectivity index is 1.59. The molecule has 3 fully saturated rings. The Morgan fingerprint density at radius 2 is 1.75 bits per heavy atom. The normalized spacial score (nSPS) is 30.9. The number of aliphatic hydroxyl groups excluding tert-OH is 1. The Morgan fingerprint density at radius 1 is 1.07 bits per heavy atom. The van der Waals surface area contributed by atoms with E-state index < -0.39 is 5.54 Å². The summed E-state index contributed by atoms with van der Waals surface area (Å²) in [6.45, 7) is 1.31. The van der Waals surface area contributed by atoms with Gasteiger partial charge in [-0.05, 0) is 57.4 Å². The van der Waals surface area contributed by atoms with Gasteiger partial charge in [0.15, 0.2) is 0 Å². The minimum atomic E-state index is -0.750. The third-order valence-corrected chi connectivity index (χ3v) is 6.82. The van der Waals surface area contributed by atoms with Gasteiger partial charge in [-0.3, -0.25) is 14.4 Å². The van der Waals surface area contributed by atoms with Crippen molar-refractivity contribution < 1.29 is 14.7 Å². The molecule has 2 aliphatic heterocycles. The van der Waals surface area contributed by atoms with E-state index in [1.807, 2.05) is 4.90 Å². The molecule has 28 heavy (non-hydrogen) atoms. The molecule has 1 aromatic rings. The number of pyridine rings is 1. The Labute approximate surface area is 164 Å². The summed E-state index contributed by atoms with van der Waals surface area (Å²) >= 11 is 0. The molecule has 1 aliphatic carbocycles. The molecule has 1 saturated carbocycles. The number of hydrogen-bond acceptors (Lipinski definition) is 4. The second-order valence-electron chi connectivity index (χ2n) is 8.52. The van der Waals surface area contributed by atoms with E-state index in [0.29, 0.717) is 24.9 Å². The van der Waals surface area contributed by atoms with Gasteiger partial charge in [-0.1, -0.05) is 0 Å². The molecule has 0 aromatic carbocycles. The van der Waals surface area contributed by atoms with Crippen LogP contribution in [0.15, 0.2) is 23.1 Å². The Hall–Kier alpha value is -2.15. The van der Waals surface area contributed by atoms with E-state index in [1.165, 1.54) is 10.6 Å². The maximum absolute atomic E-state index is 13.6. The zero-order valence-electron chi connectivity index (χ0n) is 16.5. The van der Waals surface area contributed by atoms with Crippen molar-refractivity contribution in [3.8, 4) is 0 Å². The molecule has 1 N–H and O–H groups in total. The predicted octanol–water partition coefficient (Wildman–Crippen LogP) is 1.29. The molecule has 0 radical (unpaired) electrons. The van der Waals surface area contributed by atoms with E-state index in [4.69, 9.17) is 0 Å². The lowest BCUT2D eigenvalue weighted by Crippen LogP contribution is -2.63. The number of rotatable bonds is 2. The average molecular weight is 387 g/mol. The van der Waals surface area contributed by atoms with Crippen LogP contribution in [0.5, 0.6) is 0 Å². The topological polar surface area (TPSA) is 82.8 Å². The summed E-state index contributed by atoms with van der Waals surface area (Å²) in [6.07, 6.45) is 7.57. The van der Waals surface area contributed by atoms with Crippen molar-refractivity contribution in [1.29, 1.82) is 0 Å². The molecule has 2 saturated heterocycles. The highest BCUT2D eigenvalue weighted by Crippen LogP contribution is 2.41. The van der Waals surface area contributed by atoms with Gasteiger partial charge >= 0.3 is 0 Å². The number of likely N-dealkylation sites (tertiary alicyclic amines) is 2. The molecule has 3 heterocycles. The molecule has 1 spiro atoms. The van der Waals surface area contributed by atoms with Crippen LogP contribution in [0, 0.1) is 0 Å². The summed E-state index contributed by atoms with van der Waals surface area (Å²) in [5.74, 6) is -0.0850. The number of aromatic nitrogens is 1. The quantitative estimate of drug-likeness (QED) is 0.829. The van der Waals surface area contributed by atoms with Gasteiger partial charge in [0.05, 0.1) is 11.7 Å². The second-order valence-corrected chi connectivity index (χ2v) is 8.52. The summed E-state index contributed by atoms with van der Waals surface area (Å²) in [4.78, 5) is 42.3. The summed E-state index contributed by atoms with van der Waals surface area (Å²) < 4.78 is 1.40. The van der Waals surface area contributed by atoms with E-state index in [0.717, 1.165) is 45.1 Å². The highest BCUT2D eigenvalue weighted by atomic mass is 16.3. The molecule has 1 unspecified atom stereocenters. The zero-order chi connectivity index (χ0) is 19.9. The number of carbonyl (C=O) groups excluding carboxylic acids is 2. The lowest BCUT2D eigenvalue weighted by atomic mass is 9.82. The van der Waals surface area contributed by atoms with Gasteiger partial charge in [0.2, 0.25) is 11.5 Å². The largest absolute Gasteiger partial charge is 0.393 e. The fourth-order valence-corrected chi connectivity index (χ4v) is 5.27. The Bertz CT molecular complexity index is 827. The number of piperidine rings is 1. The predicted molar refractivity (Wildman–Crippen MR) is 104 cm³/mol. The lowest BCUT2D eigenvalue weighted by Gasteiger charge is -2.48.